The Bertz CT molecular complexity index is 1620. The molecule has 11 nitrogen and oxygen atoms in total. The number of alkyl halides is 3. The number of ether oxygens (including phenoxy) is 3. The Morgan fingerprint density at radius 3 is 2.70 bits per heavy atom. The lowest BCUT2D eigenvalue weighted by atomic mass is 10.0. The summed E-state index contributed by atoms with van der Waals surface area (Å²) in [5.41, 5.74) is 2.85. The second-order valence-corrected chi connectivity index (χ2v) is 13.0. The lowest BCUT2D eigenvalue weighted by molar-refractivity contribution is -0.137. The topological polar surface area (TPSA) is 133 Å². The zero-order chi connectivity index (χ0) is 32.2. The van der Waals surface area contributed by atoms with Gasteiger partial charge in [0.1, 0.15) is 28.2 Å². The highest BCUT2D eigenvalue weighted by Crippen LogP contribution is 2.48. The van der Waals surface area contributed by atoms with Crippen LogP contribution in [0, 0.1) is 24.1 Å². The maximum absolute atomic E-state index is 16.6. The van der Waals surface area contributed by atoms with Crippen molar-refractivity contribution in [3.05, 3.63) is 23.1 Å². The number of nitrogens with zero attached hydrogens (tertiary/aromatic N) is 5. The van der Waals surface area contributed by atoms with E-state index in [4.69, 9.17) is 19.9 Å². The molecule has 3 aliphatic heterocycles. The van der Waals surface area contributed by atoms with Crippen LogP contribution in [-0.2, 0) is 10.9 Å². The molecule has 0 radical (unpaired) electrons. The van der Waals surface area contributed by atoms with Gasteiger partial charge in [-0.25, -0.2) is 14.4 Å². The molecule has 0 amide bonds. The van der Waals surface area contributed by atoms with E-state index in [1.54, 1.807) is 0 Å². The van der Waals surface area contributed by atoms with Gasteiger partial charge in [0.15, 0.2) is 5.82 Å². The van der Waals surface area contributed by atoms with Gasteiger partial charge in [0.25, 0.3) is 0 Å². The molecule has 7 rings (SSSR count). The van der Waals surface area contributed by atoms with Crippen molar-refractivity contribution in [2.75, 3.05) is 63.5 Å². The summed E-state index contributed by atoms with van der Waals surface area (Å²) < 4.78 is 77.7. The average Bonchev–Trinajstić information content (AvgIpc) is 3.44. The second-order valence-electron chi connectivity index (χ2n) is 13.0. The van der Waals surface area contributed by atoms with E-state index in [1.807, 2.05) is 6.92 Å². The zero-order valence-electron chi connectivity index (χ0n) is 25.8. The normalized spacial score (nSPS) is 24.6. The van der Waals surface area contributed by atoms with Crippen LogP contribution in [-0.4, -0.2) is 89.5 Å². The third-order valence-corrected chi connectivity index (χ3v) is 9.43. The maximum atomic E-state index is 16.6. The summed E-state index contributed by atoms with van der Waals surface area (Å²) in [4.78, 5) is 19.6. The van der Waals surface area contributed by atoms with Crippen LogP contribution in [0.1, 0.15) is 43.9 Å². The van der Waals surface area contributed by atoms with Crippen molar-refractivity contribution in [1.29, 1.82) is 0 Å². The number of likely N-dealkylation sites (tertiary alicyclic amines) is 1. The highest BCUT2D eigenvalue weighted by molar-refractivity contribution is 5.96. The Morgan fingerprint density at radius 2 is 1.93 bits per heavy atom. The van der Waals surface area contributed by atoms with Crippen LogP contribution < -0.4 is 25.8 Å². The van der Waals surface area contributed by atoms with E-state index in [1.165, 1.54) is 6.92 Å². The first-order valence-electron chi connectivity index (χ1n) is 15.8. The van der Waals surface area contributed by atoms with Crippen LogP contribution >= 0.6 is 0 Å². The summed E-state index contributed by atoms with van der Waals surface area (Å²) >= 11 is 0. The highest BCUT2D eigenvalue weighted by atomic mass is 19.4. The van der Waals surface area contributed by atoms with Gasteiger partial charge >= 0.3 is 12.2 Å². The number of nitrogens with two attached hydrogens (primary N) is 1. The summed E-state index contributed by atoms with van der Waals surface area (Å²) in [7, 11) is 0. The Balaban J connectivity index is 1.29. The van der Waals surface area contributed by atoms with Gasteiger partial charge in [0.05, 0.1) is 30.1 Å². The minimum Gasteiger partial charge on any atom is -0.474 e. The van der Waals surface area contributed by atoms with Crippen molar-refractivity contribution in [1.82, 2.24) is 30.2 Å². The number of rotatable bonds is 6. The molecule has 1 saturated carbocycles. The monoisotopic (exact) mass is 646 g/mol. The number of pyridine rings is 2. The summed E-state index contributed by atoms with van der Waals surface area (Å²) in [5.74, 6) is -0.566. The number of hydrogen-bond donors (Lipinski definition) is 3. The van der Waals surface area contributed by atoms with Crippen molar-refractivity contribution in [3.63, 3.8) is 0 Å². The summed E-state index contributed by atoms with van der Waals surface area (Å²) in [6.07, 6.45) is -1.34. The molecule has 0 bridgehead atoms. The molecule has 4 aliphatic rings. The number of anilines is 2. The van der Waals surface area contributed by atoms with Gasteiger partial charge in [-0.3, -0.25) is 4.90 Å². The first kappa shape index (κ1) is 31.1. The summed E-state index contributed by atoms with van der Waals surface area (Å²) in [6, 6.07) is 0.895. The number of aryl methyl sites for hydroxylation is 1. The van der Waals surface area contributed by atoms with Gasteiger partial charge in [-0.2, -0.15) is 23.1 Å². The second kappa shape index (κ2) is 11.9. The van der Waals surface area contributed by atoms with Crippen molar-refractivity contribution >= 4 is 22.5 Å². The van der Waals surface area contributed by atoms with Crippen LogP contribution in [0.4, 0.5) is 29.2 Å². The molecule has 2 saturated heterocycles. The molecule has 248 valence electrons. The van der Waals surface area contributed by atoms with E-state index < -0.39 is 40.6 Å². The van der Waals surface area contributed by atoms with Crippen molar-refractivity contribution in [2.45, 2.75) is 57.9 Å². The quantitative estimate of drug-likeness (QED) is 0.333. The molecular weight excluding hydrogens is 608 g/mol. The third kappa shape index (κ3) is 6.11. The van der Waals surface area contributed by atoms with Crippen molar-refractivity contribution in [2.24, 2.45) is 11.3 Å². The van der Waals surface area contributed by atoms with Gasteiger partial charge in [-0.1, -0.05) is 0 Å². The number of nitrogens with one attached hydrogen (secondary N) is 2. The van der Waals surface area contributed by atoms with Crippen LogP contribution in [0.5, 0.6) is 11.9 Å². The molecular formula is C31H38F4N8O3. The van der Waals surface area contributed by atoms with Gasteiger partial charge in [0.2, 0.25) is 5.88 Å². The lowest BCUT2D eigenvalue weighted by Crippen LogP contribution is -2.33. The van der Waals surface area contributed by atoms with Gasteiger partial charge in [0, 0.05) is 56.2 Å². The number of halogens is 4. The van der Waals surface area contributed by atoms with E-state index in [0.717, 1.165) is 51.6 Å². The fourth-order valence-electron chi connectivity index (χ4n) is 6.88. The molecule has 46 heavy (non-hydrogen) atoms. The molecule has 1 aliphatic carbocycles. The van der Waals surface area contributed by atoms with E-state index in [9.17, 15) is 13.2 Å². The molecule has 3 aromatic heterocycles. The number of fused-ring (bicyclic) bond motifs is 1. The molecule has 15 heteroatoms. The van der Waals surface area contributed by atoms with Crippen LogP contribution in [0.15, 0.2) is 6.07 Å². The van der Waals surface area contributed by atoms with Gasteiger partial charge < -0.3 is 30.6 Å². The fraction of sp³-hybridized carbons (Fsp3) is 0.613. The van der Waals surface area contributed by atoms with E-state index in [-0.39, 0.29) is 39.8 Å². The average molecular weight is 647 g/mol. The smallest absolute Gasteiger partial charge is 0.418 e. The van der Waals surface area contributed by atoms with E-state index in [2.05, 4.69) is 35.5 Å². The Labute approximate surface area is 263 Å². The summed E-state index contributed by atoms with van der Waals surface area (Å²) in [5, 5.41) is 6.63. The maximum Gasteiger partial charge on any atom is 0.418 e. The van der Waals surface area contributed by atoms with E-state index in [0.29, 0.717) is 44.7 Å². The van der Waals surface area contributed by atoms with Crippen molar-refractivity contribution in [3.8, 4) is 23.1 Å². The van der Waals surface area contributed by atoms with E-state index >= 15 is 4.39 Å². The largest absolute Gasteiger partial charge is 0.474 e. The predicted octanol–water partition coefficient (Wildman–Crippen LogP) is 4.19. The number of nitrogen functional groups attached to an aromatic ring is 1. The molecule has 3 fully saturated rings. The predicted molar refractivity (Wildman–Crippen MR) is 162 cm³/mol. The molecule has 3 aromatic rings. The molecule has 3 atom stereocenters. The van der Waals surface area contributed by atoms with Crippen LogP contribution in [0.3, 0.4) is 0 Å². The van der Waals surface area contributed by atoms with Crippen LogP contribution in [0.25, 0.3) is 22.2 Å². The Kier molecular flexibility index (Phi) is 8.04. The summed E-state index contributed by atoms with van der Waals surface area (Å²) in [6.45, 7) is 8.55. The first-order chi connectivity index (χ1) is 22.0. The molecule has 4 N–H and O–H groups in total. The number of hydrogen-bond acceptors (Lipinski definition) is 11. The third-order valence-electron chi connectivity index (χ3n) is 9.43. The number of aromatic nitrogens is 4. The van der Waals surface area contributed by atoms with Gasteiger partial charge in [-0.15, -0.1) is 0 Å². The molecule has 3 unspecified atom stereocenters. The molecule has 0 aromatic carbocycles. The highest BCUT2D eigenvalue weighted by Gasteiger charge is 2.48. The molecule has 6 heterocycles. The SMILES string of the molecule is Cc1nc(N)cc(-c2nc3c4c(nc(OCC5(CN6CC7CCOC7C6)CC5)nc4c2F)NCCNCCC(C)O3)c1C(F)(F)F. The minimum absolute atomic E-state index is 0.0768. The standard InChI is InChI=1S/C31H38F4N8O3/c1-16-3-7-37-8-9-38-27-22-26(24(32)25(40-28(22)46-16)19-11-21(36)39-17(2)23(19)31(33,34)35)41-29(42-27)45-15-30(5-6-30)14-43-12-18-4-10-44-20(18)13-43/h11,16,18,20,37H,3-10,12-15H2,1-2H3,(H2,36,39)(H,38,41,42). The fourth-order valence-corrected chi connectivity index (χ4v) is 6.88. The minimum atomic E-state index is -4.85. The Hall–Kier alpha value is -3.56. The zero-order valence-corrected chi connectivity index (χ0v) is 25.8. The first-order valence-corrected chi connectivity index (χ1v) is 15.8. The molecule has 0 spiro atoms. The van der Waals surface area contributed by atoms with Crippen molar-refractivity contribution < 1.29 is 31.8 Å². The van der Waals surface area contributed by atoms with Gasteiger partial charge in [-0.05, 0) is 52.1 Å². The Morgan fingerprint density at radius 1 is 1.11 bits per heavy atom. The van der Waals surface area contributed by atoms with Crippen LogP contribution in [0.2, 0.25) is 0 Å². The lowest BCUT2D eigenvalue weighted by Gasteiger charge is -2.24.